The third-order valence-electron chi connectivity index (χ3n) is 4.65. The van der Waals surface area contributed by atoms with E-state index in [2.05, 4.69) is 55.0 Å². The molecule has 1 aliphatic carbocycles. The maximum Gasteiger partial charge on any atom is 0.0377 e. The first-order valence-corrected chi connectivity index (χ1v) is 8.73. The van der Waals surface area contributed by atoms with Crippen molar-refractivity contribution in [3.8, 4) is 0 Å². The first-order valence-electron chi connectivity index (χ1n) is 6.82. The molecule has 1 aromatic rings. The lowest BCUT2D eigenvalue weighted by molar-refractivity contribution is 0.341. The molecule has 18 heavy (non-hydrogen) atoms. The highest BCUT2D eigenvalue weighted by molar-refractivity contribution is 9.10. The van der Waals surface area contributed by atoms with E-state index in [0.717, 1.165) is 5.33 Å². The Morgan fingerprint density at radius 2 is 1.94 bits per heavy atom. The summed E-state index contributed by atoms with van der Waals surface area (Å²) in [6, 6.07) is 6.79. The zero-order chi connectivity index (χ0) is 12.6. The van der Waals surface area contributed by atoms with E-state index in [1.165, 1.54) is 60.9 Å². The standard InChI is InChI=1S/C15H19Br2N/c16-10-12-3-4-13(9-14(12)17)18-8-7-15(11-18)5-1-2-6-15/h3-4,9H,1-2,5-8,10-11H2. The number of halogens is 2. The average molecular weight is 373 g/mol. The Bertz CT molecular complexity index is 438. The first kappa shape index (κ1) is 13.0. The molecule has 0 bridgehead atoms. The molecule has 2 aliphatic rings. The van der Waals surface area contributed by atoms with E-state index in [0.29, 0.717) is 5.41 Å². The van der Waals surface area contributed by atoms with Crippen LogP contribution in [0.2, 0.25) is 0 Å². The minimum Gasteiger partial charge on any atom is -0.371 e. The van der Waals surface area contributed by atoms with Gasteiger partial charge in [0.1, 0.15) is 0 Å². The molecule has 0 amide bonds. The van der Waals surface area contributed by atoms with Crippen LogP contribution in [-0.2, 0) is 5.33 Å². The molecule has 1 spiro atoms. The van der Waals surface area contributed by atoms with Crippen molar-refractivity contribution in [2.45, 2.75) is 37.4 Å². The fourth-order valence-electron chi connectivity index (χ4n) is 3.53. The molecular formula is C15H19Br2N. The quantitative estimate of drug-likeness (QED) is 0.651. The van der Waals surface area contributed by atoms with Crippen molar-refractivity contribution in [2.75, 3.05) is 18.0 Å². The van der Waals surface area contributed by atoms with Gasteiger partial charge in [0.05, 0.1) is 0 Å². The minimum atomic E-state index is 0.653. The molecule has 0 atom stereocenters. The molecule has 1 aromatic carbocycles. The van der Waals surface area contributed by atoms with Crippen molar-refractivity contribution in [3.05, 3.63) is 28.2 Å². The number of nitrogens with zero attached hydrogens (tertiary/aromatic N) is 1. The molecule has 1 nitrogen and oxygen atoms in total. The summed E-state index contributed by atoms with van der Waals surface area (Å²) in [4.78, 5) is 2.58. The number of alkyl halides is 1. The molecule has 1 aliphatic heterocycles. The summed E-state index contributed by atoms with van der Waals surface area (Å²) < 4.78 is 1.23. The highest BCUT2D eigenvalue weighted by Crippen LogP contribution is 2.46. The molecule has 0 radical (unpaired) electrons. The zero-order valence-electron chi connectivity index (χ0n) is 10.6. The van der Waals surface area contributed by atoms with Gasteiger partial charge in [-0.15, -0.1) is 0 Å². The van der Waals surface area contributed by atoms with Crippen molar-refractivity contribution in [1.29, 1.82) is 0 Å². The van der Waals surface area contributed by atoms with E-state index >= 15 is 0 Å². The Hall–Kier alpha value is -0.0200. The second-order valence-corrected chi connectivity index (χ2v) is 7.20. The lowest BCUT2D eigenvalue weighted by Crippen LogP contribution is -2.24. The molecule has 1 saturated carbocycles. The third kappa shape index (κ3) is 2.36. The van der Waals surface area contributed by atoms with Crippen molar-refractivity contribution in [2.24, 2.45) is 5.41 Å². The second-order valence-electron chi connectivity index (χ2n) is 5.79. The van der Waals surface area contributed by atoms with Gasteiger partial charge in [-0.05, 0) is 42.4 Å². The predicted octanol–water partition coefficient (Wildman–Crippen LogP) is 5.11. The summed E-state index contributed by atoms with van der Waals surface area (Å²) in [6.45, 7) is 2.51. The van der Waals surface area contributed by atoms with Gasteiger partial charge in [-0.2, -0.15) is 0 Å². The summed E-state index contributed by atoms with van der Waals surface area (Å²) in [6.07, 6.45) is 7.18. The summed E-state index contributed by atoms with van der Waals surface area (Å²) in [5.74, 6) is 0. The van der Waals surface area contributed by atoms with E-state index in [1.807, 2.05) is 0 Å². The fourth-order valence-corrected chi connectivity index (χ4v) is 4.90. The van der Waals surface area contributed by atoms with E-state index in [-0.39, 0.29) is 0 Å². The van der Waals surface area contributed by atoms with Crippen molar-refractivity contribution in [1.82, 2.24) is 0 Å². The summed E-state index contributed by atoms with van der Waals surface area (Å²) in [5.41, 5.74) is 3.37. The van der Waals surface area contributed by atoms with Gasteiger partial charge >= 0.3 is 0 Å². The topological polar surface area (TPSA) is 3.24 Å². The number of benzene rings is 1. The normalized spacial score (nSPS) is 22.0. The van der Waals surface area contributed by atoms with Crippen LogP contribution in [0.3, 0.4) is 0 Å². The van der Waals surface area contributed by atoms with Crippen LogP contribution in [0.15, 0.2) is 22.7 Å². The molecule has 3 heteroatoms. The van der Waals surface area contributed by atoms with E-state index in [1.54, 1.807) is 0 Å². The lowest BCUT2D eigenvalue weighted by Gasteiger charge is -2.25. The average Bonchev–Trinajstić information content (AvgIpc) is 3.00. The number of hydrogen-bond acceptors (Lipinski definition) is 1. The summed E-state index contributed by atoms with van der Waals surface area (Å²) >= 11 is 7.19. The molecule has 2 fully saturated rings. The lowest BCUT2D eigenvalue weighted by atomic mass is 9.86. The van der Waals surface area contributed by atoms with Gasteiger partial charge in [-0.1, -0.05) is 50.8 Å². The van der Waals surface area contributed by atoms with Gasteiger partial charge < -0.3 is 4.90 Å². The predicted molar refractivity (Wildman–Crippen MR) is 84.5 cm³/mol. The number of hydrogen-bond donors (Lipinski definition) is 0. The summed E-state index contributed by atoms with van der Waals surface area (Å²) in [7, 11) is 0. The van der Waals surface area contributed by atoms with Crippen LogP contribution < -0.4 is 4.90 Å². The third-order valence-corrected chi connectivity index (χ3v) is 5.99. The Balaban J connectivity index is 1.78. The SMILES string of the molecule is BrCc1ccc(N2CCC3(CCCC3)C2)cc1Br. The number of rotatable bonds is 2. The van der Waals surface area contributed by atoms with Crippen LogP contribution in [0.25, 0.3) is 0 Å². The highest BCUT2D eigenvalue weighted by atomic mass is 79.9. The van der Waals surface area contributed by atoms with Crippen LogP contribution in [0, 0.1) is 5.41 Å². The van der Waals surface area contributed by atoms with Crippen LogP contribution in [0.5, 0.6) is 0 Å². The molecule has 0 unspecified atom stereocenters. The van der Waals surface area contributed by atoms with Crippen molar-refractivity contribution in [3.63, 3.8) is 0 Å². The largest absolute Gasteiger partial charge is 0.371 e. The maximum absolute atomic E-state index is 3.67. The fraction of sp³-hybridized carbons (Fsp3) is 0.600. The Morgan fingerprint density at radius 1 is 1.17 bits per heavy atom. The molecule has 1 saturated heterocycles. The van der Waals surface area contributed by atoms with Crippen LogP contribution in [0.4, 0.5) is 5.69 Å². The van der Waals surface area contributed by atoms with E-state index in [9.17, 15) is 0 Å². The van der Waals surface area contributed by atoms with Gasteiger partial charge in [-0.3, -0.25) is 0 Å². The highest BCUT2D eigenvalue weighted by Gasteiger charge is 2.40. The first-order chi connectivity index (χ1) is 8.72. The van der Waals surface area contributed by atoms with Gasteiger partial charge in [0.15, 0.2) is 0 Å². The van der Waals surface area contributed by atoms with Gasteiger partial charge in [0, 0.05) is 28.6 Å². The smallest absolute Gasteiger partial charge is 0.0377 e. The number of anilines is 1. The molecule has 3 rings (SSSR count). The van der Waals surface area contributed by atoms with E-state index < -0.39 is 0 Å². The monoisotopic (exact) mass is 371 g/mol. The Labute approximate surface area is 126 Å². The Morgan fingerprint density at radius 3 is 2.61 bits per heavy atom. The van der Waals surface area contributed by atoms with Gasteiger partial charge in [0.25, 0.3) is 0 Å². The van der Waals surface area contributed by atoms with Gasteiger partial charge in [-0.25, -0.2) is 0 Å². The molecule has 0 N–H and O–H groups in total. The van der Waals surface area contributed by atoms with Crippen molar-refractivity contribution >= 4 is 37.5 Å². The van der Waals surface area contributed by atoms with E-state index in [4.69, 9.17) is 0 Å². The minimum absolute atomic E-state index is 0.653. The molecule has 98 valence electrons. The van der Waals surface area contributed by atoms with Crippen molar-refractivity contribution < 1.29 is 0 Å². The second kappa shape index (κ2) is 5.16. The molecular weight excluding hydrogens is 354 g/mol. The van der Waals surface area contributed by atoms with Crippen LogP contribution in [-0.4, -0.2) is 13.1 Å². The summed E-state index contributed by atoms with van der Waals surface area (Å²) in [5, 5.41) is 0.914. The Kier molecular flexibility index (Phi) is 3.72. The molecule has 0 aromatic heterocycles. The molecule has 1 heterocycles. The van der Waals surface area contributed by atoms with Crippen LogP contribution in [0.1, 0.15) is 37.7 Å². The maximum atomic E-state index is 3.67. The zero-order valence-corrected chi connectivity index (χ0v) is 13.8. The van der Waals surface area contributed by atoms with Crippen LogP contribution >= 0.6 is 31.9 Å². The van der Waals surface area contributed by atoms with Gasteiger partial charge in [0.2, 0.25) is 0 Å².